The van der Waals surface area contributed by atoms with Crippen LogP contribution in [0.5, 0.6) is 0 Å². The Balaban J connectivity index is 2.20. The van der Waals surface area contributed by atoms with Gasteiger partial charge in [0.05, 0.1) is 11.9 Å². The monoisotopic (exact) mass is 247 g/mol. The summed E-state index contributed by atoms with van der Waals surface area (Å²) in [5, 5.41) is 17.2. The third-order valence-corrected chi connectivity index (χ3v) is 3.80. The summed E-state index contributed by atoms with van der Waals surface area (Å²) < 4.78 is 1.85. The maximum absolute atomic E-state index is 8.93. The molecule has 0 saturated heterocycles. The van der Waals surface area contributed by atoms with E-state index >= 15 is 0 Å². The molecule has 0 spiro atoms. The van der Waals surface area contributed by atoms with Gasteiger partial charge >= 0.3 is 0 Å². The number of terminal acetylenes is 1. The first kappa shape index (κ1) is 13.1. The van der Waals surface area contributed by atoms with E-state index in [1.54, 1.807) is 0 Å². The summed E-state index contributed by atoms with van der Waals surface area (Å²) in [7, 11) is 0. The lowest BCUT2D eigenvalue weighted by molar-refractivity contribution is 0.262. The zero-order valence-electron chi connectivity index (χ0n) is 10.8. The smallest absolute Gasteiger partial charge is 0.124 e. The highest BCUT2D eigenvalue weighted by Crippen LogP contribution is 2.31. The summed E-state index contributed by atoms with van der Waals surface area (Å²) >= 11 is 0. The van der Waals surface area contributed by atoms with Gasteiger partial charge in [0.15, 0.2) is 0 Å². The highest BCUT2D eigenvalue weighted by molar-refractivity contribution is 5.12. The number of hydrogen-bond donors (Lipinski definition) is 1. The molecule has 1 fully saturated rings. The molecule has 1 N–H and O–H groups in total. The fourth-order valence-corrected chi connectivity index (χ4v) is 2.67. The topological polar surface area (TPSA) is 50.9 Å². The quantitative estimate of drug-likeness (QED) is 0.830. The van der Waals surface area contributed by atoms with Gasteiger partial charge in [-0.05, 0) is 12.8 Å². The Bertz CT molecular complexity index is 411. The molecule has 0 aromatic carbocycles. The van der Waals surface area contributed by atoms with E-state index in [2.05, 4.69) is 16.2 Å². The average molecular weight is 247 g/mol. The molecule has 0 bridgehead atoms. The van der Waals surface area contributed by atoms with Crippen molar-refractivity contribution in [1.29, 1.82) is 0 Å². The molecule has 0 unspecified atom stereocenters. The van der Waals surface area contributed by atoms with Crippen LogP contribution in [0.2, 0.25) is 0 Å². The molecule has 18 heavy (non-hydrogen) atoms. The summed E-state index contributed by atoms with van der Waals surface area (Å²) in [6.45, 7) is 0.0990. The lowest BCUT2D eigenvalue weighted by Crippen LogP contribution is -2.33. The lowest BCUT2D eigenvalue weighted by Gasteiger charge is -2.30. The van der Waals surface area contributed by atoms with Crippen molar-refractivity contribution in [3.63, 3.8) is 0 Å². The predicted molar refractivity (Wildman–Crippen MR) is 69.9 cm³/mol. The highest BCUT2D eigenvalue weighted by atomic mass is 16.3. The molecular formula is C14H21N3O. The summed E-state index contributed by atoms with van der Waals surface area (Å²) in [5.74, 6) is 2.95. The van der Waals surface area contributed by atoms with Crippen LogP contribution >= 0.6 is 0 Å². The maximum Gasteiger partial charge on any atom is 0.124 e. The molecule has 98 valence electrons. The fourth-order valence-electron chi connectivity index (χ4n) is 2.67. The molecule has 1 aromatic heterocycles. The Kier molecular flexibility index (Phi) is 4.38. The van der Waals surface area contributed by atoms with Crippen LogP contribution in [0.25, 0.3) is 0 Å². The second kappa shape index (κ2) is 6.01. The largest absolute Gasteiger partial charge is 0.396 e. The van der Waals surface area contributed by atoms with E-state index < -0.39 is 0 Å². The summed E-state index contributed by atoms with van der Waals surface area (Å²) in [6, 6.07) is 0. The Morgan fingerprint density at radius 3 is 2.56 bits per heavy atom. The summed E-state index contributed by atoms with van der Waals surface area (Å²) in [5.41, 5.74) is 0.510. The SMILES string of the molecule is C#CC1(n2cc(CCO)nn2)CCCCCCC1. The van der Waals surface area contributed by atoms with Gasteiger partial charge in [-0.1, -0.05) is 43.2 Å². The fraction of sp³-hybridized carbons (Fsp3) is 0.714. The first-order valence-corrected chi connectivity index (χ1v) is 6.81. The molecule has 1 saturated carbocycles. The lowest BCUT2D eigenvalue weighted by atomic mass is 9.84. The first-order chi connectivity index (χ1) is 8.80. The third-order valence-electron chi connectivity index (χ3n) is 3.80. The minimum Gasteiger partial charge on any atom is -0.396 e. The van der Waals surface area contributed by atoms with Gasteiger partial charge in [-0.15, -0.1) is 11.5 Å². The zero-order valence-corrected chi connectivity index (χ0v) is 10.8. The van der Waals surface area contributed by atoms with Gasteiger partial charge in [-0.2, -0.15) is 0 Å². The molecule has 0 amide bonds. The van der Waals surface area contributed by atoms with Crippen molar-refractivity contribution >= 4 is 0 Å². The molecule has 4 nitrogen and oxygen atoms in total. The van der Waals surface area contributed by atoms with Crippen molar-refractivity contribution in [3.05, 3.63) is 11.9 Å². The Morgan fingerprint density at radius 1 is 1.28 bits per heavy atom. The van der Waals surface area contributed by atoms with Crippen molar-refractivity contribution in [2.24, 2.45) is 0 Å². The van der Waals surface area contributed by atoms with Crippen molar-refractivity contribution in [2.75, 3.05) is 6.61 Å². The van der Waals surface area contributed by atoms with Crippen LogP contribution < -0.4 is 0 Å². The van der Waals surface area contributed by atoms with Crippen LogP contribution in [0.1, 0.15) is 50.6 Å². The van der Waals surface area contributed by atoms with E-state index in [0.717, 1.165) is 31.4 Å². The van der Waals surface area contributed by atoms with Gasteiger partial charge in [0.25, 0.3) is 0 Å². The van der Waals surface area contributed by atoms with Gasteiger partial charge in [0.2, 0.25) is 0 Å². The van der Waals surface area contributed by atoms with E-state index in [9.17, 15) is 0 Å². The van der Waals surface area contributed by atoms with Gasteiger partial charge in [-0.3, -0.25) is 0 Å². The van der Waals surface area contributed by atoms with Crippen molar-refractivity contribution in [3.8, 4) is 12.3 Å². The normalized spacial score (nSPS) is 19.8. The number of aromatic nitrogens is 3. The van der Waals surface area contributed by atoms with Gasteiger partial charge in [0.1, 0.15) is 5.54 Å². The van der Waals surface area contributed by atoms with Crippen molar-refractivity contribution in [2.45, 2.75) is 56.9 Å². The standard InChI is InChI=1S/C14H21N3O/c1-2-14(9-6-4-3-5-7-10-14)17-12-13(8-11-18)15-16-17/h1,12,18H,3-11H2. The minimum atomic E-state index is -0.304. The van der Waals surface area contributed by atoms with Crippen LogP contribution in [-0.4, -0.2) is 26.7 Å². The van der Waals surface area contributed by atoms with Crippen LogP contribution in [0.3, 0.4) is 0 Å². The molecule has 1 aromatic rings. The van der Waals surface area contributed by atoms with Crippen LogP contribution in [0.4, 0.5) is 0 Å². The molecule has 1 heterocycles. The third kappa shape index (κ3) is 2.73. The van der Waals surface area contributed by atoms with Crippen LogP contribution in [-0.2, 0) is 12.0 Å². The number of hydrogen-bond acceptors (Lipinski definition) is 3. The molecule has 0 aliphatic heterocycles. The first-order valence-electron chi connectivity index (χ1n) is 6.81. The summed E-state index contributed by atoms with van der Waals surface area (Å²) in [6.07, 6.45) is 16.3. The maximum atomic E-state index is 8.93. The van der Waals surface area contributed by atoms with E-state index in [1.165, 1.54) is 19.3 Å². The molecule has 1 aliphatic rings. The van der Waals surface area contributed by atoms with E-state index in [1.807, 2.05) is 10.9 Å². The Morgan fingerprint density at radius 2 is 1.94 bits per heavy atom. The molecule has 2 rings (SSSR count). The average Bonchev–Trinajstić information content (AvgIpc) is 2.79. The molecule has 0 atom stereocenters. The predicted octanol–water partition coefficient (Wildman–Crippen LogP) is 1.89. The molecular weight excluding hydrogens is 226 g/mol. The van der Waals surface area contributed by atoms with Gasteiger partial charge in [0, 0.05) is 13.0 Å². The van der Waals surface area contributed by atoms with Gasteiger partial charge in [-0.25, -0.2) is 4.68 Å². The van der Waals surface area contributed by atoms with Gasteiger partial charge < -0.3 is 5.11 Å². The molecule has 4 heteroatoms. The van der Waals surface area contributed by atoms with E-state index in [4.69, 9.17) is 11.5 Å². The number of aliphatic hydroxyl groups is 1. The number of rotatable bonds is 3. The highest BCUT2D eigenvalue weighted by Gasteiger charge is 2.31. The molecule has 0 radical (unpaired) electrons. The Hall–Kier alpha value is -1.34. The summed E-state index contributed by atoms with van der Waals surface area (Å²) in [4.78, 5) is 0. The second-order valence-electron chi connectivity index (χ2n) is 5.07. The van der Waals surface area contributed by atoms with Crippen molar-refractivity contribution in [1.82, 2.24) is 15.0 Å². The van der Waals surface area contributed by atoms with E-state index in [0.29, 0.717) is 6.42 Å². The zero-order chi connectivity index (χ0) is 12.8. The van der Waals surface area contributed by atoms with E-state index in [-0.39, 0.29) is 12.1 Å². The minimum absolute atomic E-state index is 0.0990. The number of nitrogens with zero attached hydrogens (tertiary/aromatic N) is 3. The Labute approximate surface area is 108 Å². The molecule has 1 aliphatic carbocycles. The van der Waals surface area contributed by atoms with Crippen LogP contribution in [0, 0.1) is 12.3 Å². The number of aliphatic hydroxyl groups excluding tert-OH is 1. The second-order valence-corrected chi connectivity index (χ2v) is 5.07. The van der Waals surface area contributed by atoms with Crippen molar-refractivity contribution < 1.29 is 5.11 Å². The van der Waals surface area contributed by atoms with Crippen LogP contribution in [0.15, 0.2) is 6.20 Å².